The first kappa shape index (κ1) is 24.0. The number of aliphatic carboxylic acids is 1. The highest BCUT2D eigenvalue weighted by atomic mass is 19.1. The number of hydrogen-bond acceptors (Lipinski definition) is 6. The first-order chi connectivity index (χ1) is 15.8. The van der Waals surface area contributed by atoms with Gasteiger partial charge in [-0.15, -0.1) is 0 Å². The van der Waals surface area contributed by atoms with Gasteiger partial charge in [0.1, 0.15) is 28.9 Å². The molecule has 0 fully saturated rings. The molecule has 1 unspecified atom stereocenters. The molecule has 1 heterocycles. The monoisotopic (exact) mass is 453 g/mol. The fraction of sp³-hybridized carbons (Fsp3) is 0.280. The lowest BCUT2D eigenvalue weighted by Gasteiger charge is -2.23. The van der Waals surface area contributed by atoms with Crippen molar-refractivity contribution in [2.24, 2.45) is 0 Å². The number of pyridine rings is 1. The van der Waals surface area contributed by atoms with Crippen molar-refractivity contribution in [1.29, 1.82) is 0 Å². The number of hydrogen-bond donors (Lipinski definition) is 2. The third kappa shape index (κ3) is 7.18. The van der Waals surface area contributed by atoms with Crippen LogP contribution in [0.15, 0.2) is 60.8 Å². The second kappa shape index (κ2) is 11.3. The number of carboxylic acids is 1. The highest BCUT2D eigenvalue weighted by molar-refractivity contribution is 5.69. The summed E-state index contributed by atoms with van der Waals surface area (Å²) in [5.74, 6) is 1.50. The second-order valence-electron chi connectivity index (χ2n) is 7.78. The Hall–Kier alpha value is -3.65. The van der Waals surface area contributed by atoms with Crippen LogP contribution in [0.2, 0.25) is 0 Å². The van der Waals surface area contributed by atoms with Crippen molar-refractivity contribution in [2.45, 2.75) is 19.4 Å². The van der Waals surface area contributed by atoms with Gasteiger partial charge in [0, 0.05) is 6.54 Å². The maximum Gasteiger partial charge on any atom is 0.317 e. The lowest BCUT2D eigenvalue weighted by molar-refractivity contribution is -0.138. The maximum atomic E-state index is 13.4. The molecular weight excluding hydrogens is 425 g/mol. The number of likely N-dealkylation sites (N-methyl/N-ethyl adjacent to an activating group) is 1. The fourth-order valence-electron chi connectivity index (χ4n) is 3.36. The van der Waals surface area contributed by atoms with Crippen LogP contribution < -0.4 is 14.8 Å². The number of rotatable bonds is 11. The molecule has 0 amide bonds. The topological polar surface area (TPSA) is 83.9 Å². The number of aromatic nitrogens is 1. The van der Waals surface area contributed by atoms with Gasteiger partial charge in [0.05, 0.1) is 25.9 Å². The Morgan fingerprint density at radius 2 is 1.82 bits per heavy atom. The van der Waals surface area contributed by atoms with E-state index in [2.05, 4.69) is 10.3 Å². The van der Waals surface area contributed by atoms with Crippen molar-refractivity contribution < 1.29 is 23.8 Å². The van der Waals surface area contributed by atoms with Crippen LogP contribution in [-0.2, 0) is 4.79 Å². The third-order valence-electron chi connectivity index (χ3n) is 5.15. The van der Waals surface area contributed by atoms with Crippen LogP contribution in [0.1, 0.15) is 23.6 Å². The van der Waals surface area contributed by atoms with Gasteiger partial charge in [-0.3, -0.25) is 9.69 Å². The number of anilines is 1. The lowest BCUT2D eigenvalue weighted by atomic mass is 10.0. The van der Waals surface area contributed by atoms with Gasteiger partial charge in [-0.1, -0.05) is 12.1 Å². The zero-order chi connectivity index (χ0) is 23.8. The minimum absolute atomic E-state index is 0.0507. The average Bonchev–Trinajstić information content (AvgIpc) is 2.79. The van der Waals surface area contributed by atoms with E-state index in [0.717, 1.165) is 16.9 Å². The molecule has 174 valence electrons. The molecule has 8 heteroatoms. The highest BCUT2D eigenvalue weighted by Gasteiger charge is 2.15. The summed E-state index contributed by atoms with van der Waals surface area (Å²) in [6, 6.07) is 15.3. The fourth-order valence-corrected chi connectivity index (χ4v) is 3.36. The van der Waals surface area contributed by atoms with Gasteiger partial charge in [-0.2, -0.15) is 0 Å². The van der Waals surface area contributed by atoms with Gasteiger partial charge in [-0.25, -0.2) is 9.37 Å². The number of benzene rings is 2. The SMILES string of the molecule is COc1ccc(Oc2cnc(NC(CCN(C)CC(=O)O)c3ccc(F)cc3)cc2C)cc1. The molecule has 7 nitrogen and oxygen atoms in total. The van der Waals surface area contributed by atoms with Crippen molar-refractivity contribution in [1.82, 2.24) is 9.88 Å². The summed E-state index contributed by atoms with van der Waals surface area (Å²) in [5, 5.41) is 12.4. The van der Waals surface area contributed by atoms with Crippen LogP contribution in [0.4, 0.5) is 10.2 Å². The molecule has 3 rings (SSSR count). The molecule has 0 saturated heterocycles. The van der Waals surface area contributed by atoms with E-state index in [4.69, 9.17) is 14.6 Å². The lowest BCUT2D eigenvalue weighted by Crippen LogP contribution is -2.28. The number of halogens is 1. The molecule has 2 N–H and O–H groups in total. The number of nitrogens with zero attached hydrogens (tertiary/aromatic N) is 2. The second-order valence-corrected chi connectivity index (χ2v) is 7.78. The molecular formula is C25H28FN3O4. The van der Waals surface area contributed by atoms with Gasteiger partial charge < -0.3 is 19.9 Å². The number of aryl methyl sites for hydroxylation is 1. The summed E-state index contributed by atoms with van der Waals surface area (Å²) < 4.78 is 24.5. The molecule has 0 radical (unpaired) electrons. The summed E-state index contributed by atoms with van der Waals surface area (Å²) in [5.41, 5.74) is 1.78. The zero-order valence-corrected chi connectivity index (χ0v) is 18.9. The van der Waals surface area contributed by atoms with E-state index in [9.17, 15) is 9.18 Å². The van der Waals surface area contributed by atoms with E-state index in [0.29, 0.717) is 30.3 Å². The molecule has 0 saturated carbocycles. The van der Waals surface area contributed by atoms with Crippen LogP contribution in [0, 0.1) is 12.7 Å². The van der Waals surface area contributed by atoms with E-state index >= 15 is 0 Å². The molecule has 1 aromatic heterocycles. The van der Waals surface area contributed by atoms with Gasteiger partial charge in [0.25, 0.3) is 0 Å². The van der Waals surface area contributed by atoms with E-state index in [1.165, 1.54) is 12.1 Å². The Labute approximate surface area is 192 Å². The number of methoxy groups -OCH3 is 1. The molecule has 3 aromatic rings. The molecule has 2 aromatic carbocycles. The van der Waals surface area contributed by atoms with Crippen molar-refractivity contribution >= 4 is 11.8 Å². The van der Waals surface area contributed by atoms with Gasteiger partial charge in [-0.05, 0) is 74.0 Å². The summed E-state index contributed by atoms with van der Waals surface area (Å²) in [4.78, 5) is 17.2. The van der Waals surface area contributed by atoms with E-state index < -0.39 is 5.97 Å². The summed E-state index contributed by atoms with van der Waals surface area (Å²) in [6.07, 6.45) is 2.26. The smallest absolute Gasteiger partial charge is 0.317 e. The normalized spacial score (nSPS) is 11.8. The van der Waals surface area contributed by atoms with Gasteiger partial charge >= 0.3 is 5.97 Å². The van der Waals surface area contributed by atoms with Gasteiger partial charge in [0.15, 0.2) is 0 Å². The van der Waals surface area contributed by atoms with Crippen molar-refractivity contribution in [3.05, 3.63) is 77.7 Å². The number of carboxylic acid groups (broad SMARTS) is 1. The minimum atomic E-state index is -0.881. The van der Waals surface area contributed by atoms with Crippen molar-refractivity contribution in [3.8, 4) is 17.2 Å². The van der Waals surface area contributed by atoms with Crippen molar-refractivity contribution in [3.63, 3.8) is 0 Å². The molecule has 0 spiro atoms. The standard InChI is InChI=1S/C25H28FN3O4/c1-17-14-24(27-15-23(17)33-21-10-8-20(32-3)9-11-21)28-22(12-13-29(2)16-25(30)31)18-4-6-19(26)7-5-18/h4-11,14-15,22H,12-13,16H2,1-3H3,(H,27,28)(H,30,31). The molecule has 1 atom stereocenters. The first-order valence-electron chi connectivity index (χ1n) is 10.5. The molecule has 0 aliphatic carbocycles. The molecule has 0 aliphatic heterocycles. The average molecular weight is 454 g/mol. The van der Waals surface area contributed by atoms with Crippen LogP contribution in [0.25, 0.3) is 0 Å². The Balaban J connectivity index is 1.73. The quantitative estimate of drug-likeness (QED) is 0.428. The number of ether oxygens (including phenoxy) is 2. The van der Waals surface area contributed by atoms with Gasteiger partial charge in [0.2, 0.25) is 0 Å². The van der Waals surface area contributed by atoms with E-state index in [1.54, 1.807) is 37.4 Å². The molecule has 33 heavy (non-hydrogen) atoms. The summed E-state index contributed by atoms with van der Waals surface area (Å²) >= 11 is 0. The Kier molecular flexibility index (Phi) is 8.21. The predicted molar refractivity (Wildman–Crippen MR) is 125 cm³/mol. The first-order valence-corrected chi connectivity index (χ1v) is 10.5. The van der Waals surface area contributed by atoms with E-state index in [-0.39, 0.29) is 18.4 Å². The Morgan fingerprint density at radius 3 is 2.42 bits per heavy atom. The number of nitrogens with one attached hydrogen (secondary N) is 1. The van der Waals surface area contributed by atoms with E-state index in [1.807, 2.05) is 37.3 Å². The number of carbonyl (C=O) groups is 1. The maximum absolute atomic E-state index is 13.4. The molecule has 0 bridgehead atoms. The van der Waals surface area contributed by atoms with Crippen LogP contribution >= 0.6 is 0 Å². The van der Waals surface area contributed by atoms with Crippen LogP contribution in [-0.4, -0.2) is 48.2 Å². The zero-order valence-electron chi connectivity index (χ0n) is 18.9. The summed E-state index contributed by atoms with van der Waals surface area (Å²) in [7, 11) is 3.36. The third-order valence-corrected chi connectivity index (χ3v) is 5.15. The van der Waals surface area contributed by atoms with Crippen LogP contribution in [0.5, 0.6) is 17.2 Å². The Bertz CT molecular complexity index is 1060. The largest absolute Gasteiger partial charge is 0.497 e. The minimum Gasteiger partial charge on any atom is -0.497 e. The molecule has 0 aliphatic rings. The highest BCUT2D eigenvalue weighted by Crippen LogP contribution is 2.29. The Morgan fingerprint density at radius 1 is 1.15 bits per heavy atom. The summed E-state index contributed by atoms with van der Waals surface area (Å²) in [6.45, 7) is 2.42. The van der Waals surface area contributed by atoms with Crippen molar-refractivity contribution in [2.75, 3.05) is 32.6 Å². The van der Waals surface area contributed by atoms with Crippen LogP contribution in [0.3, 0.4) is 0 Å². The predicted octanol–water partition coefficient (Wildman–Crippen LogP) is 4.89.